The van der Waals surface area contributed by atoms with E-state index in [0.29, 0.717) is 6.04 Å². The van der Waals surface area contributed by atoms with Crippen molar-refractivity contribution in [1.82, 2.24) is 4.90 Å². The van der Waals surface area contributed by atoms with Gasteiger partial charge in [-0.2, -0.15) is 0 Å². The van der Waals surface area contributed by atoms with Crippen molar-refractivity contribution < 1.29 is 0 Å². The second kappa shape index (κ2) is 6.63. The average Bonchev–Trinajstić information content (AvgIpc) is 2.92. The minimum Gasteiger partial charge on any atom is -0.356 e. The zero-order valence-corrected chi connectivity index (χ0v) is 14.4. The van der Waals surface area contributed by atoms with Crippen molar-refractivity contribution in [1.29, 1.82) is 0 Å². The third kappa shape index (κ3) is 2.70. The van der Waals surface area contributed by atoms with Crippen molar-refractivity contribution in [3.63, 3.8) is 0 Å². The number of fused-ring (bicyclic) bond motifs is 1. The van der Waals surface area contributed by atoms with Gasteiger partial charge in [0.25, 0.3) is 0 Å². The van der Waals surface area contributed by atoms with Gasteiger partial charge in [0.05, 0.1) is 6.04 Å². The minimum atomic E-state index is 0. The molecule has 1 unspecified atom stereocenters. The lowest BCUT2D eigenvalue weighted by Gasteiger charge is -2.40. The molecule has 1 atom stereocenters. The third-order valence-electron chi connectivity index (χ3n) is 4.09. The molecule has 0 bridgehead atoms. The highest BCUT2D eigenvalue weighted by molar-refractivity contribution is 8.18. The van der Waals surface area contributed by atoms with E-state index in [9.17, 15) is 0 Å². The molecule has 2 aliphatic heterocycles. The van der Waals surface area contributed by atoms with Crippen LogP contribution in [0.15, 0.2) is 35.3 Å². The second-order valence-corrected chi connectivity index (χ2v) is 7.56. The third-order valence-corrected chi connectivity index (χ3v) is 7.18. The summed E-state index contributed by atoms with van der Waals surface area (Å²) in [6, 6.07) is 11.0. The van der Waals surface area contributed by atoms with E-state index in [1.807, 2.05) is 23.5 Å². The highest BCUT2D eigenvalue weighted by atomic mass is 35.5. The van der Waals surface area contributed by atoms with Crippen LogP contribution in [0.5, 0.6) is 0 Å². The summed E-state index contributed by atoms with van der Waals surface area (Å²) in [4.78, 5) is 7.58. The molecule has 0 radical (unpaired) electrons. The maximum absolute atomic E-state index is 5.08. The van der Waals surface area contributed by atoms with Crippen molar-refractivity contribution in [3.8, 4) is 0 Å². The number of benzene rings is 1. The van der Waals surface area contributed by atoms with Gasteiger partial charge in [-0.3, -0.25) is 4.99 Å². The molecule has 0 amide bonds. The Kier molecular flexibility index (Phi) is 5.32. The first-order chi connectivity index (χ1) is 9.29. The summed E-state index contributed by atoms with van der Waals surface area (Å²) < 4.78 is 0.182. The quantitative estimate of drug-likeness (QED) is 0.777. The number of nitrogens with zero attached hydrogens (tertiary/aromatic N) is 2. The number of thioether (sulfide) groups is 2. The lowest BCUT2D eigenvalue weighted by molar-refractivity contribution is 0.381. The van der Waals surface area contributed by atoms with Crippen LogP contribution in [-0.2, 0) is 0 Å². The van der Waals surface area contributed by atoms with Gasteiger partial charge in [-0.1, -0.05) is 30.3 Å². The molecule has 0 aliphatic carbocycles. The summed E-state index contributed by atoms with van der Waals surface area (Å²) in [6.45, 7) is 2.23. The van der Waals surface area contributed by atoms with Gasteiger partial charge in [-0.25, -0.2) is 0 Å². The number of halogens is 1. The first-order valence-electron chi connectivity index (χ1n) is 6.77. The molecular weight excluding hydrogens is 308 g/mol. The number of hydrogen-bond acceptors (Lipinski definition) is 4. The largest absolute Gasteiger partial charge is 0.356 e. The van der Waals surface area contributed by atoms with Gasteiger partial charge in [0, 0.05) is 13.1 Å². The van der Waals surface area contributed by atoms with E-state index >= 15 is 0 Å². The maximum Gasteiger partial charge on any atom is 0.126 e. The highest BCUT2D eigenvalue weighted by Gasteiger charge is 2.44. The molecule has 1 saturated heterocycles. The van der Waals surface area contributed by atoms with Gasteiger partial charge in [0.15, 0.2) is 0 Å². The lowest BCUT2D eigenvalue weighted by Crippen LogP contribution is -2.47. The van der Waals surface area contributed by atoms with E-state index in [0.717, 1.165) is 6.54 Å². The Morgan fingerprint density at radius 2 is 1.90 bits per heavy atom. The summed E-state index contributed by atoms with van der Waals surface area (Å²) in [6.07, 6.45) is 6.96. The van der Waals surface area contributed by atoms with Crippen LogP contribution in [0.1, 0.15) is 24.4 Å². The second-order valence-electron chi connectivity index (χ2n) is 5.09. The molecule has 1 fully saturated rings. The van der Waals surface area contributed by atoms with Gasteiger partial charge in [-0.15, -0.1) is 35.9 Å². The maximum atomic E-state index is 5.08. The Hall–Kier alpha value is -0.320. The van der Waals surface area contributed by atoms with E-state index in [1.165, 1.54) is 30.8 Å². The fourth-order valence-electron chi connectivity index (χ4n) is 3.04. The Labute approximate surface area is 136 Å². The number of amidine groups is 1. The molecule has 2 nitrogen and oxygen atoms in total. The minimum absolute atomic E-state index is 0. The van der Waals surface area contributed by atoms with Crippen LogP contribution in [0.4, 0.5) is 0 Å². The molecule has 5 heteroatoms. The van der Waals surface area contributed by atoms with Crippen molar-refractivity contribution in [2.75, 3.05) is 25.6 Å². The first kappa shape index (κ1) is 16.1. The summed E-state index contributed by atoms with van der Waals surface area (Å²) >= 11 is 3.91. The normalized spacial score (nSPS) is 23.8. The van der Waals surface area contributed by atoms with Crippen molar-refractivity contribution >= 4 is 41.8 Å². The van der Waals surface area contributed by atoms with Gasteiger partial charge < -0.3 is 4.90 Å². The summed E-state index contributed by atoms with van der Waals surface area (Å²) in [5, 5.41) is 0. The van der Waals surface area contributed by atoms with Crippen molar-refractivity contribution in [2.45, 2.75) is 23.0 Å². The van der Waals surface area contributed by atoms with Gasteiger partial charge in [0.2, 0.25) is 0 Å². The molecule has 0 aromatic heterocycles. The van der Waals surface area contributed by atoms with Crippen LogP contribution in [0, 0.1) is 0 Å². The molecule has 20 heavy (non-hydrogen) atoms. The van der Waals surface area contributed by atoms with Crippen molar-refractivity contribution in [2.24, 2.45) is 4.99 Å². The zero-order valence-electron chi connectivity index (χ0n) is 11.9. The molecular formula is C15H21ClN2S2. The van der Waals surface area contributed by atoms with Crippen LogP contribution < -0.4 is 0 Å². The fraction of sp³-hybridized carbons (Fsp3) is 0.533. The number of rotatable bonds is 3. The van der Waals surface area contributed by atoms with Crippen LogP contribution in [-0.4, -0.2) is 40.4 Å². The lowest BCUT2D eigenvalue weighted by atomic mass is 10.1. The Morgan fingerprint density at radius 1 is 1.20 bits per heavy atom. The molecule has 1 aromatic carbocycles. The molecule has 0 saturated carbocycles. The fourth-order valence-corrected chi connectivity index (χ4v) is 5.13. The van der Waals surface area contributed by atoms with Crippen LogP contribution in [0.3, 0.4) is 0 Å². The SMILES string of the molecule is CSC1(SC)CCCN2CC(c3ccccc3)N=C21.Cl. The van der Waals surface area contributed by atoms with Gasteiger partial charge in [0.1, 0.15) is 9.91 Å². The van der Waals surface area contributed by atoms with Crippen molar-refractivity contribution in [3.05, 3.63) is 35.9 Å². The Morgan fingerprint density at radius 3 is 2.55 bits per heavy atom. The number of hydrogen-bond donors (Lipinski definition) is 0. The standard InChI is InChI=1S/C15H20N2S2.ClH/c1-18-15(19-2)9-6-10-17-11-13(16-14(15)17)12-7-4-3-5-8-12;/h3-5,7-8,13H,6,9-11H2,1-2H3;1H. The summed E-state index contributed by atoms with van der Waals surface area (Å²) in [7, 11) is 0. The molecule has 2 aliphatic rings. The van der Waals surface area contributed by atoms with Crippen LogP contribution >= 0.6 is 35.9 Å². The Balaban J connectivity index is 0.00000147. The number of piperidine rings is 1. The monoisotopic (exact) mass is 328 g/mol. The van der Waals surface area contributed by atoms with Gasteiger partial charge >= 0.3 is 0 Å². The molecule has 0 spiro atoms. The van der Waals surface area contributed by atoms with E-state index in [1.54, 1.807) is 0 Å². The first-order valence-corrected chi connectivity index (χ1v) is 9.22. The molecule has 0 N–H and O–H groups in total. The smallest absolute Gasteiger partial charge is 0.126 e. The predicted octanol–water partition coefficient (Wildman–Crippen LogP) is 4.08. The van der Waals surface area contributed by atoms with E-state index in [-0.39, 0.29) is 16.5 Å². The van der Waals surface area contributed by atoms with E-state index in [4.69, 9.17) is 4.99 Å². The molecule has 110 valence electrons. The zero-order chi connectivity index (χ0) is 13.3. The molecule has 1 aromatic rings. The Bertz CT molecular complexity index is 474. The topological polar surface area (TPSA) is 15.6 Å². The van der Waals surface area contributed by atoms with Crippen LogP contribution in [0.2, 0.25) is 0 Å². The van der Waals surface area contributed by atoms with E-state index < -0.39 is 0 Å². The highest BCUT2D eigenvalue weighted by Crippen LogP contribution is 2.46. The summed E-state index contributed by atoms with van der Waals surface area (Å²) in [5.41, 5.74) is 1.35. The van der Waals surface area contributed by atoms with Crippen LogP contribution in [0.25, 0.3) is 0 Å². The molecule has 2 heterocycles. The predicted molar refractivity (Wildman–Crippen MR) is 94.4 cm³/mol. The average molecular weight is 329 g/mol. The summed E-state index contributed by atoms with van der Waals surface area (Å²) in [5.74, 6) is 1.33. The van der Waals surface area contributed by atoms with E-state index in [2.05, 4.69) is 47.7 Å². The number of aliphatic imine (C=N–C) groups is 1. The van der Waals surface area contributed by atoms with Gasteiger partial charge in [-0.05, 0) is 30.9 Å². The molecule has 3 rings (SSSR count).